The van der Waals surface area contributed by atoms with Crippen molar-refractivity contribution in [3.8, 4) is 5.75 Å². The predicted molar refractivity (Wildman–Crippen MR) is 93.1 cm³/mol. The Hall–Kier alpha value is -1.48. The predicted octanol–water partition coefficient (Wildman–Crippen LogP) is 5.72. The number of rotatable bonds is 5. The van der Waals surface area contributed by atoms with Gasteiger partial charge in [-0.15, -0.1) is 0 Å². The second-order valence-electron chi connectivity index (χ2n) is 5.58. The van der Waals surface area contributed by atoms with Crippen molar-refractivity contribution in [2.45, 2.75) is 39.8 Å². The number of anilines is 1. The minimum atomic E-state index is 0.203. The highest BCUT2D eigenvalue weighted by atomic mass is 79.9. The average molecular weight is 348 g/mol. The van der Waals surface area contributed by atoms with Crippen molar-refractivity contribution in [1.29, 1.82) is 0 Å². The van der Waals surface area contributed by atoms with Gasteiger partial charge in [0, 0.05) is 16.2 Å². The molecule has 0 amide bonds. The number of nitrogens with one attached hydrogen (secondary N) is 1. The van der Waals surface area contributed by atoms with Crippen LogP contribution >= 0.6 is 15.9 Å². The summed E-state index contributed by atoms with van der Waals surface area (Å²) in [5.41, 5.74) is 3.60. The Kier molecular flexibility index (Phi) is 5.29. The molecule has 2 rings (SSSR count). The minimum Gasteiger partial charge on any atom is -0.491 e. The monoisotopic (exact) mass is 347 g/mol. The highest BCUT2D eigenvalue weighted by Crippen LogP contribution is 2.28. The smallest absolute Gasteiger partial charge is 0.119 e. The molecule has 0 bridgehead atoms. The van der Waals surface area contributed by atoms with Gasteiger partial charge in [-0.1, -0.05) is 18.2 Å². The van der Waals surface area contributed by atoms with E-state index in [9.17, 15) is 0 Å². The van der Waals surface area contributed by atoms with Gasteiger partial charge in [-0.2, -0.15) is 0 Å². The molecule has 0 radical (unpaired) electrons. The molecule has 0 saturated carbocycles. The van der Waals surface area contributed by atoms with Crippen LogP contribution in [0.2, 0.25) is 0 Å². The summed E-state index contributed by atoms with van der Waals surface area (Å²) >= 11 is 3.59. The third-order valence-electron chi connectivity index (χ3n) is 3.25. The third kappa shape index (κ3) is 4.50. The highest BCUT2D eigenvalue weighted by molar-refractivity contribution is 9.10. The van der Waals surface area contributed by atoms with Crippen LogP contribution in [-0.2, 0) is 0 Å². The fraction of sp³-hybridized carbons (Fsp3) is 0.333. The third-order valence-corrected chi connectivity index (χ3v) is 3.94. The average Bonchev–Trinajstić information content (AvgIpc) is 2.43. The molecule has 2 nitrogen and oxygen atoms in total. The number of aryl methyl sites for hydroxylation is 1. The molecule has 1 atom stereocenters. The quantitative estimate of drug-likeness (QED) is 0.746. The van der Waals surface area contributed by atoms with Gasteiger partial charge in [0.2, 0.25) is 0 Å². The summed E-state index contributed by atoms with van der Waals surface area (Å²) in [6.45, 7) is 8.33. The van der Waals surface area contributed by atoms with Crippen molar-refractivity contribution in [1.82, 2.24) is 0 Å². The lowest BCUT2D eigenvalue weighted by atomic mass is 10.1. The van der Waals surface area contributed by atoms with Crippen LogP contribution in [0.3, 0.4) is 0 Å². The molecular formula is C18H22BrNO. The molecule has 0 fully saturated rings. The molecule has 2 aromatic rings. The van der Waals surface area contributed by atoms with E-state index in [-0.39, 0.29) is 12.1 Å². The lowest BCUT2D eigenvalue weighted by Crippen LogP contribution is -2.08. The first-order chi connectivity index (χ1) is 9.95. The van der Waals surface area contributed by atoms with E-state index in [0.29, 0.717) is 0 Å². The first-order valence-corrected chi connectivity index (χ1v) is 8.04. The summed E-state index contributed by atoms with van der Waals surface area (Å²) in [6.07, 6.45) is 0.203. The van der Waals surface area contributed by atoms with Crippen LogP contribution in [0, 0.1) is 6.92 Å². The van der Waals surface area contributed by atoms with Gasteiger partial charge < -0.3 is 10.1 Å². The Morgan fingerprint density at radius 2 is 1.67 bits per heavy atom. The molecule has 112 valence electrons. The molecule has 3 heteroatoms. The first kappa shape index (κ1) is 15.9. The van der Waals surface area contributed by atoms with Crippen molar-refractivity contribution in [3.63, 3.8) is 0 Å². The molecule has 1 unspecified atom stereocenters. The number of halogens is 1. The summed E-state index contributed by atoms with van der Waals surface area (Å²) in [6, 6.07) is 14.8. The maximum atomic E-state index is 5.67. The Balaban J connectivity index is 2.09. The molecule has 0 aliphatic rings. The molecule has 2 aromatic carbocycles. The van der Waals surface area contributed by atoms with Crippen molar-refractivity contribution >= 4 is 21.6 Å². The number of hydrogen-bond donors (Lipinski definition) is 1. The first-order valence-electron chi connectivity index (χ1n) is 7.25. The van der Waals surface area contributed by atoms with Gasteiger partial charge in [-0.25, -0.2) is 0 Å². The van der Waals surface area contributed by atoms with E-state index in [1.54, 1.807) is 0 Å². The molecule has 0 saturated heterocycles. The Morgan fingerprint density at radius 3 is 2.29 bits per heavy atom. The summed E-state index contributed by atoms with van der Waals surface area (Å²) in [5, 5.41) is 3.54. The second-order valence-corrected chi connectivity index (χ2v) is 6.44. The van der Waals surface area contributed by atoms with E-state index in [0.717, 1.165) is 15.9 Å². The molecule has 0 aliphatic carbocycles. The molecule has 1 N–H and O–H groups in total. The minimum absolute atomic E-state index is 0.203. The standard InChI is InChI=1S/C18H22BrNO/c1-12(2)21-16-8-6-15(7-9-16)14(4)20-18-11-13(3)5-10-17(18)19/h5-12,14,20H,1-4H3. The molecular weight excluding hydrogens is 326 g/mol. The fourth-order valence-electron chi connectivity index (χ4n) is 2.17. The topological polar surface area (TPSA) is 21.3 Å². The second kappa shape index (κ2) is 6.99. The van der Waals surface area contributed by atoms with Crippen LogP contribution in [0.5, 0.6) is 5.75 Å². The van der Waals surface area contributed by atoms with Crippen molar-refractivity contribution in [2.75, 3.05) is 5.32 Å². The van der Waals surface area contributed by atoms with Crippen molar-refractivity contribution in [3.05, 3.63) is 58.1 Å². The van der Waals surface area contributed by atoms with Gasteiger partial charge in [0.1, 0.15) is 5.75 Å². The lowest BCUT2D eigenvalue weighted by Gasteiger charge is -2.18. The van der Waals surface area contributed by atoms with Crippen LogP contribution < -0.4 is 10.1 Å². The van der Waals surface area contributed by atoms with Gasteiger partial charge in [0.05, 0.1) is 6.10 Å². The maximum Gasteiger partial charge on any atom is 0.119 e. The van der Waals surface area contributed by atoms with E-state index >= 15 is 0 Å². The summed E-state index contributed by atoms with van der Waals surface area (Å²) < 4.78 is 6.76. The van der Waals surface area contributed by atoms with Crippen LogP contribution in [0.15, 0.2) is 46.9 Å². The van der Waals surface area contributed by atoms with E-state index in [2.05, 4.69) is 65.4 Å². The number of benzene rings is 2. The largest absolute Gasteiger partial charge is 0.491 e. The van der Waals surface area contributed by atoms with Gasteiger partial charge in [-0.3, -0.25) is 0 Å². The van der Waals surface area contributed by atoms with Gasteiger partial charge >= 0.3 is 0 Å². The summed E-state index contributed by atoms with van der Waals surface area (Å²) in [5.74, 6) is 0.915. The van der Waals surface area contributed by atoms with Gasteiger partial charge in [0.15, 0.2) is 0 Å². The summed E-state index contributed by atoms with van der Waals surface area (Å²) in [7, 11) is 0. The molecule has 0 heterocycles. The summed E-state index contributed by atoms with van der Waals surface area (Å²) in [4.78, 5) is 0. The molecule has 0 spiro atoms. The van der Waals surface area contributed by atoms with Crippen LogP contribution in [0.4, 0.5) is 5.69 Å². The van der Waals surface area contributed by atoms with Crippen molar-refractivity contribution < 1.29 is 4.74 Å². The number of hydrogen-bond acceptors (Lipinski definition) is 2. The fourth-order valence-corrected chi connectivity index (χ4v) is 2.53. The van der Waals surface area contributed by atoms with Gasteiger partial charge in [0.25, 0.3) is 0 Å². The van der Waals surface area contributed by atoms with E-state index in [1.165, 1.54) is 11.1 Å². The lowest BCUT2D eigenvalue weighted by molar-refractivity contribution is 0.242. The van der Waals surface area contributed by atoms with Gasteiger partial charge in [-0.05, 0) is 79.0 Å². The van der Waals surface area contributed by atoms with Crippen molar-refractivity contribution in [2.24, 2.45) is 0 Å². The molecule has 21 heavy (non-hydrogen) atoms. The van der Waals surface area contributed by atoms with E-state index < -0.39 is 0 Å². The van der Waals surface area contributed by atoms with Crippen LogP contribution in [0.25, 0.3) is 0 Å². The van der Waals surface area contributed by atoms with E-state index in [1.807, 2.05) is 26.0 Å². The highest BCUT2D eigenvalue weighted by Gasteiger charge is 2.08. The normalized spacial score (nSPS) is 12.3. The number of ether oxygens (including phenoxy) is 1. The molecule has 0 aromatic heterocycles. The SMILES string of the molecule is Cc1ccc(Br)c(NC(C)c2ccc(OC(C)C)cc2)c1. The zero-order valence-corrected chi connectivity index (χ0v) is 14.6. The Bertz CT molecular complexity index is 593. The molecule has 0 aliphatic heterocycles. The zero-order chi connectivity index (χ0) is 15.4. The van der Waals surface area contributed by atoms with E-state index in [4.69, 9.17) is 4.74 Å². The Labute approximate surface area is 135 Å². The maximum absolute atomic E-state index is 5.67. The van der Waals surface area contributed by atoms with Crippen LogP contribution in [0.1, 0.15) is 37.9 Å². The zero-order valence-electron chi connectivity index (χ0n) is 13.0. The van der Waals surface area contributed by atoms with Crippen LogP contribution in [-0.4, -0.2) is 6.10 Å². The Morgan fingerprint density at radius 1 is 1.00 bits per heavy atom.